The fraction of sp³-hybridized carbons (Fsp3) is 0.524. The SMILES string of the molecule is CCCCN1CCCCC1CNC(=O)COc1ccc2ccc(=O)oc2c1. The molecule has 0 saturated carbocycles. The van der Waals surface area contributed by atoms with E-state index >= 15 is 0 Å². The molecule has 1 aromatic heterocycles. The summed E-state index contributed by atoms with van der Waals surface area (Å²) >= 11 is 0. The number of rotatable bonds is 8. The number of nitrogens with zero attached hydrogens (tertiary/aromatic N) is 1. The zero-order valence-electron chi connectivity index (χ0n) is 15.9. The number of likely N-dealkylation sites (tertiary alicyclic amines) is 1. The molecular formula is C21H28N2O4. The van der Waals surface area contributed by atoms with E-state index in [1.165, 1.54) is 31.7 Å². The van der Waals surface area contributed by atoms with Crippen molar-refractivity contribution < 1.29 is 13.9 Å². The summed E-state index contributed by atoms with van der Waals surface area (Å²) in [7, 11) is 0. The summed E-state index contributed by atoms with van der Waals surface area (Å²) in [6.45, 7) is 5.05. The molecule has 1 unspecified atom stereocenters. The molecule has 0 aliphatic carbocycles. The number of hydrogen-bond donors (Lipinski definition) is 1. The standard InChI is InChI=1S/C21H28N2O4/c1-2-3-11-23-12-5-4-6-17(23)14-22-20(24)15-26-18-9-7-16-8-10-21(25)27-19(16)13-18/h7-10,13,17H,2-6,11-12,14-15H2,1H3,(H,22,24). The van der Waals surface area contributed by atoms with Gasteiger partial charge in [0.05, 0.1) is 0 Å². The fourth-order valence-corrected chi connectivity index (χ4v) is 3.51. The van der Waals surface area contributed by atoms with E-state index in [0.717, 1.165) is 24.9 Å². The van der Waals surface area contributed by atoms with Gasteiger partial charge in [0, 0.05) is 30.1 Å². The molecule has 1 aromatic carbocycles. The predicted octanol–water partition coefficient (Wildman–Crippen LogP) is 2.94. The second-order valence-electron chi connectivity index (χ2n) is 7.09. The molecule has 0 spiro atoms. The Labute approximate surface area is 159 Å². The first kappa shape index (κ1) is 19.4. The van der Waals surface area contributed by atoms with Crippen LogP contribution in [0.4, 0.5) is 0 Å². The fourth-order valence-electron chi connectivity index (χ4n) is 3.51. The minimum atomic E-state index is -0.405. The lowest BCUT2D eigenvalue weighted by Crippen LogP contribution is -2.47. The van der Waals surface area contributed by atoms with Crippen molar-refractivity contribution in [2.24, 2.45) is 0 Å². The summed E-state index contributed by atoms with van der Waals surface area (Å²) < 4.78 is 10.7. The van der Waals surface area contributed by atoms with E-state index < -0.39 is 5.63 Å². The first-order chi connectivity index (χ1) is 13.2. The number of benzene rings is 1. The Morgan fingerprint density at radius 3 is 3.00 bits per heavy atom. The van der Waals surface area contributed by atoms with Gasteiger partial charge in [-0.2, -0.15) is 0 Å². The number of carbonyl (C=O) groups is 1. The van der Waals surface area contributed by atoms with E-state index in [4.69, 9.17) is 9.15 Å². The van der Waals surface area contributed by atoms with Crippen molar-refractivity contribution in [3.8, 4) is 5.75 Å². The third-order valence-corrected chi connectivity index (χ3v) is 5.05. The Balaban J connectivity index is 1.48. The molecular weight excluding hydrogens is 344 g/mol. The molecule has 6 heteroatoms. The summed E-state index contributed by atoms with van der Waals surface area (Å²) in [5.41, 5.74) is 0.0479. The molecule has 1 saturated heterocycles. The number of nitrogens with one attached hydrogen (secondary N) is 1. The van der Waals surface area contributed by atoms with Crippen LogP contribution in [0, 0.1) is 0 Å². The second kappa shape index (κ2) is 9.55. The highest BCUT2D eigenvalue weighted by Gasteiger charge is 2.22. The van der Waals surface area contributed by atoms with Gasteiger partial charge in [0.1, 0.15) is 11.3 Å². The number of amides is 1. The van der Waals surface area contributed by atoms with Crippen molar-refractivity contribution in [2.45, 2.75) is 45.1 Å². The van der Waals surface area contributed by atoms with Crippen LogP contribution in [-0.4, -0.2) is 43.1 Å². The van der Waals surface area contributed by atoms with Crippen molar-refractivity contribution in [1.82, 2.24) is 10.2 Å². The van der Waals surface area contributed by atoms with Gasteiger partial charge in [-0.25, -0.2) is 4.79 Å². The molecule has 1 aliphatic heterocycles. The topological polar surface area (TPSA) is 71.8 Å². The van der Waals surface area contributed by atoms with Crippen LogP contribution in [-0.2, 0) is 4.79 Å². The Hall–Kier alpha value is -2.34. The molecule has 27 heavy (non-hydrogen) atoms. The quantitative estimate of drug-likeness (QED) is 0.722. The maximum atomic E-state index is 12.2. The molecule has 0 radical (unpaired) electrons. The van der Waals surface area contributed by atoms with Crippen molar-refractivity contribution in [1.29, 1.82) is 0 Å². The van der Waals surface area contributed by atoms with E-state index in [-0.39, 0.29) is 12.5 Å². The lowest BCUT2D eigenvalue weighted by atomic mass is 10.0. The number of hydrogen-bond acceptors (Lipinski definition) is 5. The zero-order valence-corrected chi connectivity index (χ0v) is 15.9. The maximum absolute atomic E-state index is 12.2. The van der Waals surface area contributed by atoms with Crippen molar-refractivity contribution in [3.05, 3.63) is 40.8 Å². The van der Waals surface area contributed by atoms with Crippen LogP contribution in [0.15, 0.2) is 39.5 Å². The van der Waals surface area contributed by atoms with E-state index in [0.29, 0.717) is 23.9 Å². The number of carbonyl (C=O) groups excluding carboxylic acids is 1. The van der Waals surface area contributed by atoms with Crippen molar-refractivity contribution in [2.75, 3.05) is 26.2 Å². The first-order valence-corrected chi connectivity index (χ1v) is 9.83. The van der Waals surface area contributed by atoms with E-state index in [2.05, 4.69) is 17.1 Å². The highest BCUT2D eigenvalue weighted by molar-refractivity contribution is 5.79. The van der Waals surface area contributed by atoms with E-state index in [1.807, 2.05) is 0 Å². The molecule has 3 rings (SSSR count). The van der Waals surface area contributed by atoms with Crippen molar-refractivity contribution >= 4 is 16.9 Å². The normalized spacial score (nSPS) is 17.7. The van der Waals surface area contributed by atoms with Crippen LogP contribution < -0.4 is 15.7 Å². The maximum Gasteiger partial charge on any atom is 0.336 e. The highest BCUT2D eigenvalue weighted by atomic mass is 16.5. The molecule has 2 aromatic rings. The number of piperidine rings is 1. The third kappa shape index (κ3) is 5.57. The van der Waals surface area contributed by atoms with Crippen LogP contribution in [0.5, 0.6) is 5.75 Å². The average molecular weight is 372 g/mol. The Kier molecular flexibility index (Phi) is 6.87. The average Bonchev–Trinajstić information content (AvgIpc) is 2.69. The lowest BCUT2D eigenvalue weighted by Gasteiger charge is -2.35. The molecule has 1 amide bonds. The van der Waals surface area contributed by atoms with Crippen molar-refractivity contribution in [3.63, 3.8) is 0 Å². The van der Waals surface area contributed by atoms with Gasteiger partial charge in [-0.1, -0.05) is 19.8 Å². The zero-order chi connectivity index (χ0) is 19.1. The van der Waals surface area contributed by atoms with Gasteiger partial charge in [0.25, 0.3) is 5.91 Å². The largest absolute Gasteiger partial charge is 0.484 e. The molecule has 2 heterocycles. The summed E-state index contributed by atoms with van der Waals surface area (Å²) in [5, 5.41) is 3.81. The number of fused-ring (bicyclic) bond motifs is 1. The lowest BCUT2D eigenvalue weighted by molar-refractivity contribution is -0.123. The molecule has 6 nitrogen and oxygen atoms in total. The van der Waals surface area contributed by atoms with Crippen LogP contribution in [0.2, 0.25) is 0 Å². The van der Waals surface area contributed by atoms with E-state index in [9.17, 15) is 9.59 Å². The molecule has 1 atom stereocenters. The summed E-state index contributed by atoms with van der Waals surface area (Å²) in [6.07, 6.45) is 5.99. The Morgan fingerprint density at radius 1 is 1.30 bits per heavy atom. The second-order valence-corrected chi connectivity index (χ2v) is 7.09. The predicted molar refractivity (Wildman–Crippen MR) is 105 cm³/mol. The summed E-state index contributed by atoms with van der Waals surface area (Å²) in [4.78, 5) is 26.0. The van der Waals surface area contributed by atoms with Gasteiger partial charge in [0.2, 0.25) is 0 Å². The number of unbranched alkanes of at least 4 members (excludes halogenated alkanes) is 1. The highest BCUT2D eigenvalue weighted by Crippen LogP contribution is 2.19. The first-order valence-electron chi connectivity index (χ1n) is 9.83. The number of ether oxygens (including phenoxy) is 1. The molecule has 1 N–H and O–H groups in total. The van der Waals surface area contributed by atoms with Crippen LogP contribution in [0.25, 0.3) is 11.0 Å². The van der Waals surface area contributed by atoms with Gasteiger partial charge in [-0.15, -0.1) is 0 Å². The summed E-state index contributed by atoms with van der Waals surface area (Å²) in [6, 6.07) is 8.71. The molecule has 0 bridgehead atoms. The van der Waals surface area contributed by atoms with Gasteiger partial charge in [-0.3, -0.25) is 9.69 Å². The Bertz CT molecular complexity index is 817. The monoisotopic (exact) mass is 372 g/mol. The van der Waals surface area contributed by atoms with Gasteiger partial charge >= 0.3 is 5.63 Å². The summed E-state index contributed by atoms with van der Waals surface area (Å²) in [5.74, 6) is 0.375. The van der Waals surface area contributed by atoms with Crippen LogP contribution >= 0.6 is 0 Å². The minimum Gasteiger partial charge on any atom is -0.484 e. The van der Waals surface area contributed by atoms with Gasteiger partial charge in [0.15, 0.2) is 6.61 Å². The van der Waals surface area contributed by atoms with Crippen LogP contribution in [0.1, 0.15) is 39.0 Å². The smallest absolute Gasteiger partial charge is 0.336 e. The van der Waals surface area contributed by atoms with Crippen LogP contribution in [0.3, 0.4) is 0 Å². The third-order valence-electron chi connectivity index (χ3n) is 5.05. The Morgan fingerprint density at radius 2 is 2.15 bits per heavy atom. The van der Waals surface area contributed by atoms with Gasteiger partial charge in [-0.05, 0) is 50.6 Å². The van der Waals surface area contributed by atoms with E-state index in [1.54, 1.807) is 24.3 Å². The molecule has 146 valence electrons. The van der Waals surface area contributed by atoms with Gasteiger partial charge < -0.3 is 14.5 Å². The molecule has 1 aliphatic rings. The molecule has 1 fully saturated rings. The minimum absolute atomic E-state index is 0.0513.